The Kier molecular flexibility index (Phi) is 3.55. The molecule has 2 aromatic rings. The van der Waals surface area contributed by atoms with E-state index in [9.17, 15) is 9.59 Å². The van der Waals surface area contributed by atoms with Crippen molar-refractivity contribution in [3.8, 4) is 11.1 Å². The molecule has 22 heavy (non-hydrogen) atoms. The number of amides is 3. The SMILES string of the molecule is CC1(CNc2ccc(-c3ccccc3)cc2)NC(=O)NC1=O. The molecule has 1 atom stereocenters. The predicted octanol–water partition coefficient (Wildman–Crippen LogP) is 2.36. The molecule has 2 aromatic carbocycles. The van der Waals surface area contributed by atoms with Crippen LogP contribution in [-0.2, 0) is 4.79 Å². The highest BCUT2D eigenvalue weighted by molar-refractivity contribution is 6.07. The molecule has 0 spiro atoms. The molecule has 1 unspecified atom stereocenters. The van der Waals surface area contributed by atoms with Gasteiger partial charge in [-0.1, -0.05) is 42.5 Å². The number of rotatable bonds is 4. The summed E-state index contributed by atoms with van der Waals surface area (Å²) in [4.78, 5) is 22.9. The molecule has 0 saturated carbocycles. The molecule has 1 fully saturated rings. The number of nitrogens with one attached hydrogen (secondary N) is 3. The Balaban J connectivity index is 1.67. The van der Waals surface area contributed by atoms with E-state index < -0.39 is 11.6 Å². The van der Waals surface area contributed by atoms with Crippen LogP contribution in [0.15, 0.2) is 54.6 Å². The van der Waals surface area contributed by atoms with Crippen molar-refractivity contribution in [2.75, 3.05) is 11.9 Å². The van der Waals surface area contributed by atoms with Gasteiger partial charge in [-0.05, 0) is 30.2 Å². The number of imide groups is 1. The molecule has 1 heterocycles. The van der Waals surface area contributed by atoms with Crippen molar-refractivity contribution in [2.24, 2.45) is 0 Å². The van der Waals surface area contributed by atoms with Gasteiger partial charge in [-0.15, -0.1) is 0 Å². The molecule has 1 saturated heterocycles. The van der Waals surface area contributed by atoms with Gasteiger partial charge >= 0.3 is 6.03 Å². The van der Waals surface area contributed by atoms with E-state index in [1.54, 1.807) is 6.92 Å². The summed E-state index contributed by atoms with van der Waals surface area (Å²) in [6.45, 7) is 2.02. The van der Waals surface area contributed by atoms with Gasteiger partial charge in [0, 0.05) is 12.2 Å². The van der Waals surface area contributed by atoms with E-state index in [0.29, 0.717) is 6.54 Å². The second-order valence-corrected chi connectivity index (χ2v) is 5.54. The Morgan fingerprint density at radius 2 is 1.59 bits per heavy atom. The average molecular weight is 295 g/mol. The largest absolute Gasteiger partial charge is 0.382 e. The Hall–Kier alpha value is -2.82. The summed E-state index contributed by atoms with van der Waals surface area (Å²) < 4.78 is 0. The fourth-order valence-corrected chi connectivity index (χ4v) is 2.39. The van der Waals surface area contributed by atoms with Crippen LogP contribution in [0.1, 0.15) is 6.92 Å². The Bertz CT molecular complexity index is 698. The second-order valence-electron chi connectivity index (χ2n) is 5.54. The third-order valence-corrected chi connectivity index (χ3v) is 3.76. The molecule has 1 aliphatic heterocycles. The third-order valence-electron chi connectivity index (χ3n) is 3.76. The fourth-order valence-electron chi connectivity index (χ4n) is 2.39. The average Bonchev–Trinajstić information content (AvgIpc) is 2.79. The van der Waals surface area contributed by atoms with Gasteiger partial charge in [-0.25, -0.2) is 4.79 Å². The van der Waals surface area contributed by atoms with E-state index in [1.165, 1.54) is 0 Å². The Labute approximate surface area is 128 Å². The molecule has 5 nitrogen and oxygen atoms in total. The van der Waals surface area contributed by atoms with E-state index in [0.717, 1.165) is 16.8 Å². The zero-order chi connectivity index (χ0) is 15.6. The first-order valence-corrected chi connectivity index (χ1v) is 7.10. The van der Waals surface area contributed by atoms with Crippen molar-refractivity contribution in [1.82, 2.24) is 10.6 Å². The quantitative estimate of drug-likeness (QED) is 0.758. The topological polar surface area (TPSA) is 70.2 Å². The molecular formula is C17H17N3O2. The molecular weight excluding hydrogens is 278 g/mol. The summed E-state index contributed by atoms with van der Waals surface area (Å²) in [6, 6.07) is 17.6. The van der Waals surface area contributed by atoms with Gasteiger partial charge in [0.2, 0.25) is 0 Å². The Morgan fingerprint density at radius 3 is 2.18 bits per heavy atom. The van der Waals surface area contributed by atoms with E-state index in [-0.39, 0.29) is 5.91 Å². The molecule has 0 radical (unpaired) electrons. The van der Waals surface area contributed by atoms with Crippen LogP contribution >= 0.6 is 0 Å². The van der Waals surface area contributed by atoms with E-state index >= 15 is 0 Å². The van der Waals surface area contributed by atoms with E-state index in [4.69, 9.17) is 0 Å². The summed E-state index contributed by atoms with van der Waals surface area (Å²) in [7, 11) is 0. The Morgan fingerprint density at radius 1 is 0.955 bits per heavy atom. The number of anilines is 1. The fraction of sp³-hybridized carbons (Fsp3) is 0.176. The number of benzene rings is 2. The first-order chi connectivity index (χ1) is 10.6. The van der Waals surface area contributed by atoms with Crippen molar-refractivity contribution in [3.05, 3.63) is 54.6 Å². The molecule has 0 aliphatic carbocycles. The maximum atomic E-state index is 11.7. The smallest absolute Gasteiger partial charge is 0.322 e. The molecule has 3 amide bonds. The number of carbonyl (C=O) groups is 2. The minimum absolute atomic E-state index is 0.314. The van der Waals surface area contributed by atoms with Gasteiger partial charge in [0.15, 0.2) is 0 Å². The molecule has 0 bridgehead atoms. The maximum Gasteiger partial charge on any atom is 0.322 e. The maximum absolute atomic E-state index is 11.7. The van der Waals surface area contributed by atoms with Crippen LogP contribution in [0.5, 0.6) is 0 Å². The molecule has 0 aromatic heterocycles. The molecule has 5 heteroatoms. The van der Waals surface area contributed by atoms with Crippen LogP contribution in [0.3, 0.4) is 0 Å². The van der Waals surface area contributed by atoms with Crippen LogP contribution in [0, 0.1) is 0 Å². The number of hydrogen-bond donors (Lipinski definition) is 3. The monoisotopic (exact) mass is 295 g/mol. The highest BCUT2D eigenvalue weighted by atomic mass is 16.2. The van der Waals surface area contributed by atoms with Crippen LogP contribution in [0.2, 0.25) is 0 Å². The van der Waals surface area contributed by atoms with Gasteiger partial charge in [0.05, 0.1) is 0 Å². The van der Waals surface area contributed by atoms with Gasteiger partial charge in [-0.3, -0.25) is 10.1 Å². The van der Waals surface area contributed by atoms with Gasteiger partial charge in [0.25, 0.3) is 5.91 Å². The van der Waals surface area contributed by atoms with Crippen molar-refractivity contribution in [3.63, 3.8) is 0 Å². The second kappa shape index (κ2) is 5.52. The van der Waals surface area contributed by atoms with Crippen molar-refractivity contribution in [1.29, 1.82) is 0 Å². The number of urea groups is 1. The van der Waals surface area contributed by atoms with Gasteiger partial charge in [0.1, 0.15) is 5.54 Å². The first-order valence-electron chi connectivity index (χ1n) is 7.10. The van der Waals surface area contributed by atoms with Crippen molar-refractivity contribution < 1.29 is 9.59 Å². The van der Waals surface area contributed by atoms with Gasteiger partial charge in [-0.2, -0.15) is 0 Å². The summed E-state index contributed by atoms with van der Waals surface area (Å²) in [6.07, 6.45) is 0. The standard InChI is InChI=1S/C17H17N3O2/c1-17(15(21)19-16(22)20-17)11-18-14-9-7-13(8-10-14)12-5-3-2-4-6-12/h2-10,18H,11H2,1H3,(H2,19,20,21,22). The van der Waals surface area contributed by atoms with Gasteiger partial charge < -0.3 is 10.6 Å². The van der Waals surface area contributed by atoms with Crippen molar-refractivity contribution >= 4 is 17.6 Å². The van der Waals surface area contributed by atoms with E-state index in [1.807, 2.05) is 42.5 Å². The molecule has 112 valence electrons. The lowest BCUT2D eigenvalue weighted by Gasteiger charge is -2.21. The van der Waals surface area contributed by atoms with Crippen LogP contribution < -0.4 is 16.0 Å². The lowest BCUT2D eigenvalue weighted by molar-refractivity contribution is -0.122. The molecule has 3 N–H and O–H groups in total. The molecule has 1 aliphatic rings. The predicted molar refractivity (Wildman–Crippen MR) is 85.4 cm³/mol. The highest BCUT2D eigenvalue weighted by Gasteiger charge is 2.41. The van der Waals surface area contributed by atoms with E-state index in [2.05, 4.69) is 28.1 Å². The number of carbonyl (C=O) groups excluding carboxylic acids is 2. The highest BCUT2D eigenvalue weighted by Crippen LogP contribution is 2.21. The summed E-state index contributed by atoms with van der Waals surface area (Å²) in [5, 5.41) is 8.05. The first kappa shape index (κ1) is 14.1. The van der Waals surface area contributed by atoms with Crippen molar-refractivity contribution in [2.45, 2.75) is 12.5 Å². The van der Waals surface area contributed by atoms with Crippen LogP contribution in [-0.4, -0.2) is 24.0 Å². The lowest BCUT2D eigenvalue weighted by Crippen LogP contribution is -2.49. The summed E-state index contributed by atoms with van der Waals surface area (Å²) in [5.74, 6) is -0.314. The van der Waals surface area contributed by atoms with Crippen LogP contribution in [0.25, 0.3) is 11.1 Å². The zero-order valence-corrected chi connectivity index (χ0v) is 12.2. The third kappa shape index (κ3) is 2.79. The minimum atomic E-state index is -0.921. The lowest BCUT2D eigenvalue weighted by atomic mass is 10.0. The minimum Gasteiger partial charge on any atom is -0.382 e. The summed E-state index contributed by atoms with van der Waals surface area (Å²) in [5.41, 5.74) is 2.26. The summed E-state index contributed by atoms with van der Waals surface area (Å²) >= 11 is 0. The zero-order valence-electron chi connectivity index (χ0n) is 12.2. The van der Waals surface area contributed by atoms with Crippen LogP contribution in [0.4, 0.5) is 10.5 Å². The molecule has 3 rings (SSSR count). The number of hydrogen-bond acceptors (Lipinski definition) is 3. The normalized spacial score (nSPS) is 20.4.